The van der Waals surface area contributed by atoms with Crippen LogP contribution in [0.25, 0.3) is 10.9 Å². The standard InChI is InChI=1S/C16H19FN2O2/c1-3-7-18-15-10-9-21-8-6-12(10)19-16-11(17)4-5-13(20-2)14(15)16/h4-5H,3,6-9H2,1-2H3,(H,18,19). The highest BCUT2D eigenvalue weighted by Gasteiger charge is 2.22. The summed E-state index contributed by atoms with van der Waals surface area (Å²) in [5.41, 5.74) is 3.20. The minimum absolute atomic E-state index is 0.320. The molecule has 0 unspecified atom stereocenters. The predicted molar refractivity (Wildman–Crippen MR) is 80.4 cm³/mol. The van der Waals surface area contributed by atoms with Gasteiger partial charge in [-0.05, 0) is 18.6 Å². The largest absolute Gasteiger partial charge is 0.496 e. The van der Waals surface area contributed by atoms with Crippen LogP contribution in [0.4, 0.5) is 10.1 Å². The van der Waals surface area contributed by atoms with E-state index in [9.17, 15) is 4.39 Å². The van der Waals surface area contributed by atoms with Gasteiger partial charge < -0.3 is 14.8 Å². The van der Waals surface area contributed by atoms with Crippen LogP contribution >= 0.6 is 0 Å². The predicted octanol–water partition coefficient (Wildman–Crippen LogP) is 3.28. The lowest BCUT2D eigenvalue weighted by atomic mass is 10.0. The Morgan fingerprint density at radius 3 is 3.05 bits per heavy atom. The molecule has 0 atom stereocenters. The minimum Gasteiger partial charge on any atom is -0.496 e. The number of ether oxygens (including phenoxy) is 2. The van der Waals surface area contributed by atoms with Crippen molar-refractivity contribution in [3.8, 4) is 5.75 Å². The van der Waals surface area contributed by atoms with Gasteiger partial charge in [0.1, 0.15) is 17.1 Å². The van der Waals surface area contributed by atoms with Gasteiger partial charge in [0.25, 0.3) is 0 Å². The summed E-state index contributed by atoms with van der Waals surface area (Å²) >= 11 is 0. The van der Waals surface area contributed by atoms with Crippen molar-refractivity contribution >= 4 is 16.6 Å². The Balaban J connectivity index is 2.31. The summed E-state index contributed by atoms with van der Waals surface area (Å²) in [6.45, 7) is 4.04. The molecule has 0 radical (unpaired) electrons. The van der Waals surface area contributed by atoms with Crippen LogP contribution in [0.3, 0.4) is 0 Å². The number of nitrogens with one attached hydrogen (secondary N) is 1. The van der Waals surface area contributed by atoms with Gasteiger partial charge in [-0.15, -0.1) is 0 Å². The van der Waals surface area contributed by atoms with Gasteiger partial charge in [-0.25, -0.2) is 9.37 Å². The van der Waals surface area contributed by atoms with Gasteiger partial charge in [-0.2, -0.15) is 0 Å². The summed E-state index contributed by atoms with van der Waals surface area (Å²) in [7, 11) is 1.59. The molecule has 0 spiro atoms. The number of halogens is 1. The first-order chi connectivity index (χ1) is 10.3. The first-order valence-electron chi connectivity index (χ1n) is 7.25. The molecule has 1 aromatic carbocycles. The van der Waals surface area contributed by atoms with E-state index in [1.54, 1.807) is 13.2 Å². The van der Waals surface area contributed by atoms with Gasteiger partial charge in [-0.1, -0.05) is 6.92 Å². The first kappa shape index (κ1) is 14.1. The average molecular weight is 290 g/mol. The van der Waals surface area contributed by atoms with E-state index in [1.165, 1.54) is 6.07 Å². The second-order valence-electron chi connectivity index (χ2n) is 5.11. The lowest BCUT2D eigenvalue weighted by molar-refractivity contribution is 0.110. The fraction of sp³-hybridized carbons (Fsp3) is 0.438. The highest BCUT2D eigenvalue weighted by Crippen LogP contribution is 2.38. The SMILES string of the molecule is CCCNc1c2c(nc3c(F)ccc(OC)c13)CCOC2. The number of methoxy groups -OCH3 is 1. The summed E-state index contributed by atoms with van der Waals surface area (Å²) in [5.74, 6) is 0.311. The molecule has 5 heteroatoms. The molecule has 1 aromatic heterocycles. The van der Waals surface area contributed by atoms with E-state index in [1.807, 2.05) is 0 Å². The maximum Gasteiger partial charge on any atom is 0.149 e. The quantitative estimate of drug-likeness (QED) is 0.938. The van der Waals surface area contributed by atoms with E-state index in [4.69, 9.17) is 9.47 Å². The molecule has 112 valence electrons. The fourth-order valence-electron chi connectivity index (χ4n) is 2.72. The van der Waals surface area contributed by atoms with Crippen molar-refractivity contribution in [3.63, 3.8) is 0 Å². The van der Waals surface area contributed by atoms with Gasteiger partial charge in [0, 0.05) is 18.5 Å². The Bertz CT molecular complexity index is 673. The molecule has 0 aliphatic carbocycles. The van der Waals surface area contributed by atoms with Crippen LogP contribution in [0.2, 0.25) is 0 Å². The fourth-order valence-corrected chi connectivity index (χ4v) is 2.72. The third kappa shape index (κ3) is 2.42. The van der Waals surface area contributed by atoms with Gasteiger partial charge in [0.05, 0.1) is 37.1 Å². The molecule has 2 aromatic rings. The molecule has 0 amide bonds. The third-order valence-corrected chi connectivity index (χ3v) is 3.74. The van der Waals surface area contributed by atoms with E-state index in [0.717, 1.165) is 29.9 Å². The zero-order valence-corrected chi connectivity index (χ0v) is 12.3. The Morgan fingerprint density at radius 2 is 2.29 bits per heavy atom. The maximum absolute atomic E-state index is 14.2. The Morgan fingerprint density at radius 1 is 1.43 bits per heavy atom. The van der Waals surface area contributed by atoms with Crippen LogP contribution in [0.5, 0.6) is 5.75 Å². The topological polar surface area (TPSA) is 43.4 Å². The number of benzene rings is 1. The van der Waals surface area contributed by atoms with Crippen LogP contribution in [0.1, 0.15) is 24.6 Å². The van der Waals surface area contributed by atoms with Crippen molar-refractivity contribution in [1.82, 2.24) is 4.98 Å². The van der Waals surface area contributed by atoms with Crippen molar-refractivity contribution in [2.45, 2.75) is 26.4 Å². The molecule has 0 saturated carbocycles. The van der Waals surface area contributed by atoms with Gasteiger partial charge >= 0.3 is 0 Å². The highest BCUT2D eigenvalue weighted by atomic mass is 19.1. The second-order valence-corrected chi connectivity index (χ2v) is 5.11. The van der Waals surface area contributed by atoms with Crippen molar-refractivity contribution in [1.29, 1.82) is 0 Å². The van der Waals surface area contributed by atoms with E-state index >= 15 is 0 Å². The van der Waals surface area contributed by atoms with Crippen molar-refractivity contribution in [3.05, 3.63) is 29.2 Å². The first-order valence-corrected chi connectivity index (χ1v) is 7.25. The summed E-state index contributed by atoms with van der Waals surface area (Å²) in [6, 6.07) is 3.05. The van der Waals surface area contributed by atoms with Crippen LogP contribution in [-0.4, -0.2) is 25.2 Å². The number of hydrogen-bond acceptors (Lipinski definition) is 4. The van der Waals surface area contributed by atoms with Crippen LogP contribution in [0.15, 0.2) is 12.1 Å². The summed E-state index contributed by atoms with van der Waals surface area (Å²) in [5, 5.41) is 4.10. The molecular formula is C16H19FN2O2. The van der Waals surface area contributed by atoms with E-state index < -0.39 is 0 Å². The lowest BCUT2D eigenvalue weighted by Gasteiger charge is -2.23. The van der Waals surface area contributed by atoms with Crippen molar-refractivity contribution in [2.75, 3.05) is 25.6 Å². The van der Waals surface area contributed by atoms with E-state index in [2.05, 4.69) is 17.2 Å². The minimum atomic E-state index is -0.320. The molecule has 1 N–H and O–H groups in total. The number of nitrogens with zero attached hydrogens (tertiary/aromatic N) is 1. The number of pyridine rings is 1. The van der Waals surface area contributed by atoms with Crippen LogP contribution < -0.4 is 10.1 Å². The number of anilines is 1. The maximum atomic E-state index is 14.2. The molecular weight excluding hydrogens is 271 g/mol. The highest BCUT2D eigenvalue weighted by molar-refractivity contribution is 5.98. The van der Waals surface area contributed by atoms with Gasteiger partial charge in [-0.3, -0.25) is 0 Å². The number of aromatic nitrogens is 1. The molecule has 3 rings (SSSR count). The van der Waals surface area contributed by atoms with E-state index in [-0.39, 0.29) is 5.82 Å². The van der Waals surface area contributed by atoms with E-state index in [0.29, 0.717) is 36.3 Å². The van der Waals surface area contributed by atoms with Crippen LogP contribution in [0, 0.1) is 5.82 Å². The van der Waals surface area contributed by atoms with Gasteiger partial charge in [0.2, 0.25) is 0 Å². The molecule has 2 heterocycles. The second kappa shape index (κ2) is 5.85. The molecule has 4 nitrogen and oxygen atoms in total. The molecule has 0 bridgehead atoms. The Hall–Kier alpha value is -1.88. The third-order valence-electron chi connectivity index (χ3n) is 3.74. The van der Waals surface area contributed by atoms with Crippen molar-refractivity contribution < 1.29 is 13.9 Å². The summed E-state index contributed by atoms with van der Waals surface area (Å²) in [4.78, 5) is 4.52. The number of fused-ring (bicyclic) bond motifs is 2. The molecule has 1 aliphatic rings. The average Bonchev–Trinajstić information content (AvgIpc) is 2.52. The smallest absolute Gasteiger partial charge is 0.149 e. The lowest BCUT2D eigenvalue weighted by Crippen LogP contribution is -2.16. The monoisotopic (exact) mass is 290 g/mol. The molecule has 21 heavy (non-hydrogen) atoms. The molecule has 1 aliphatic heterocycles. The van der Waals surface area contributed by atoms with Crippen LogP contribution in [-0.2, 0) is 17.8 Å². The normalized spacial score (nSPS) is 14.0. The zero-order chi connectivity index (χ0) is 14.8. The number of hydrogen-bond donors (Lipinski definition) is 1. The summed E-state index contributed by atoms with van der Waals surface area (Å²) < 4.78 is 25.2. The van der Waals surface area contributed by atoms with Crippen molar-refractivity contribution in [2.24, 2.45) is 0 Å². The zero-order valence-electron chi connectivity index (χ0n) is 12.3. The number of rotatable bonds is 4. The van der Waals surface area contributed by atoms with Gasteiger partial charge in [0.15, 0.2) is 0 Å². The molecule has 0 fully saturated rings. The Labute approximate surface area is 123 Å². The molecule has 0 saturated heterocycles. The Kier molecular flexibility index (Phi) is 3.92. The summed E-state index contributed by atoms with van der Waals surface area (Å²) in [6.07, 6.45) is 1.69.